The molecular formula is C17H18N4O3. The quantitative estimate of drug-likeness (QED) is 0.781. The minimum atomic E-state index is -0.175. The molecule has 0 saturated carbocycles. The van der Waals surface area contributed by atoms with Crippen molar-refractivity contribution in [3.8, 4) is 0 Å². The fraction of sp³-hybridized carbons (Fsp3) is 0.353. The number of aromatic nitrogens is 3. The molecule has 1 saturated heterocycles. The number of nitrogens with one attached hydrogen (secondary N) is 1. The molecule has 3 aromatic heterocycles. The summed E-state index contributed by atoms with van der Waals surface area (Å²) in [5.74, 6) is 0.149. The molecule has 24 heavy (non-hydrogen) atoms. The van der Waals surface area contributed by atoms with Crippen molar-refractivity contribution in [2.75, 3.05) is 19.8 Å². The lowest BCUT2D eigenvalue weighted by Gasteiger charge is -2.35. The largest absolute Gasteiger partial charge is 0.449 e. The number of ether oxygens (including phenoxy) is 1. The molecule has 0 spiro atoms. The molecular weight excluding hydrogens is 308 g/mol. The van der Waals surface area contributed by atoms with E-state index >= 15 is 0 Å². The van der Waals surface area contributed by atoms with Crippen LogP contribution in [0, 0.1) is 13.8 Å². The molecule has 3 aromatic rings. The van der Waals surface area contributed by atoms with E-state index < -0.39 is 0 Å². The molecule has 0 bridgehead atoms. The smallest absolute Gasteiger partial charge is 0.290 e. The summed E-state index contributed by atoms with van der Waals surface area (Å²) in [6.07, 6.45) is 1.68. The van der Waals surface area contributed by atoms with Gasteiger partial charge in [-0.15, -0.1) is 0 Å². The van der Waals surface area contributed by atoms with Gasteiger partial charge in [0.25, 0.3) is 5.91 Å². The van der Waals surface area contributed by atoms with Crippen molar-refractivity contribution in [2.24, 2.45) is 0 Å². The number of aromatic amines is 1. The SMILES string of the molecule is Cc1n[nH]c(C)c1C1COCCN1C(=O)c1cc2ncccc2o1. The van der Waals surface area contributed by atoms with Crippen molar-refractivity contribution in [3.05, 3.63) is 47.1 Å². The molecule has 1 N–H and O–H groups in total. The molecule has 1 fully saturated rings. The zero-order chi connectivity index (χ0) is 16.7. The summed E-state index contributed by atoms with van der Waals surface area (Å²) in [4.78, 5) is 19.0. The molecule has 1 aliphatic heterocycles. The van der Waals surface area contributed by atoms with Gasteiger partial charge in [0.15, 0.2) is 11.3 Å². The molecule has 4 rings (SSSR count). The minimum Gasteiger partial charge on any atom is -0.449 e. The zero-order valence-corrected chi connectivity index (χ0v) is 13.6. The highest BCUT2D eigenvalue weighted by atomic mass is 16.5. The summed E-state index contributed by atoms with van der Waals surface area (Å²) in [6.45, 7) is 5.36. The van der Waals surface area contributed by atoms with E-state index in [1.54, 1.807) is 29.3 Å². The number of H-pyrrole nitrogens is 1. The molecule has 1 atom stereocenters. The number of rotatable bonds is 2. The van der Waals surface area contributed by atoms with Crippen LogP contribution in [0.4, 0.5) is 0 Å². The number of morpholine rings is 1. The number of nitrogens with zero attached hydrogens (tertiary/aromatic N) is 3. The lowest BCUT2D eigenvalue weighted by atomic mass is 10.0. The molecule has 7 heteroatoms. The summed E-state index contributed by atoms with van der Waals surface area (Å²) >= 11 is 0. The first kappa shape index (κ1) is 14.9. The van der Waals surface area contributed by atoms with Crippen LogP contribution in [0.5, 0.6) is 0 Å². The van der Waals surface area contributed by atoms with E-state index in [4.69, 9.17) is 9.15 Å². The summed E-state index contributed by atoms with van der Waals surface area (Å²) in [5, 5.41) is 7.22. The molecule has 0 aromatic carbocycles. The van der Waals surface area contributed by atoms with Gasteiger partial charge in [-0.05, 0) is 26.0 Å². The lowest BCUT2D eigenvalue weighted by molar-refractivity contribution is -0.00446. The van der Waals surface area contributed by atoms with Crippen LogP contribution in [-0.4, -0.2) is 45.7 Å². The number of hydrogen-bond donors (Lipinski definition) is 1. The Hall–Kier alpha value is -2.67. The first-order chi connectivity index (χ1) is 11.6. The minimum absolute atomic E-state index is 0.152. The van der Waals surface area contributed by atoms with Gasteiger partial charge in [-0.25, -0.2) is 0 Å². The van der Waals surface area contributed by atoms with E-state index in [2.05, 4.69) is 15.2 Å². The van der Waals surface area contributed by atoms with Crippen LogP contribution < -0.4 is 0 Å². The Morgan fingerprint density at radius 1 is 1.42 bits per heavy atom. The molecule has 0 radical (unpaired) electrons. The maximum atomic E-state index is 13.0. The van der Waals surface area contributed by atoms with Crippen LogP contribution in [0.25, 0.3) is 11.1 Å². The number of furan rings is 1. The van der Waals surface area contributed by atoms with Crippen molar-refractivity contribution in [1.29, 1.82) is 0 Å². The number of fused-ring (bicyclic) bond motifs is 1. The van der Waals surface area contributed by atoms with Crippen LogP contribution in [0.3, 0.4) is 0 Å². The first-order valence-electron chi connectivity index (χ1n) is 7.90. The number of pyridine rings is 1. The Balaban J connectivity index is 1.71. The molecule has 7 nitrogen and oxygen atoms in total. The number of aryl methyl sites for hydroxylation is 2. The topological polar surface area (TPSA) is 84.2 Å². The fourth-order valence-corrected chi connectivity index (χ4v) is 3.25. The predicted octanol–water partition coefficient (Wildman–Crippen LogP) is 2.38. The maximum Gasteiger partial charge on any atom is 0.290 e. The second kappa shape index (κ2) is 5.76. The average molecular weight is 326 g/mol. The molecule has 4 heterocycles. The molecule has 1 unspecified atom stereocenters. The van der Waals surface area contributed by atoms with E-state index in [1.807, 2.05) is 13.8 Å². The van der Waals surface area contributed by atoms with Crippen molar-refractivity contribution in [1.82, 2.24) is 20.1 Å². The second-order valence-corrected chi connectivity index (χ2v) is 5.93. The van der Waals surface area contributed by atoms with Crippen LogP contribution in [0.2, 0.25) is 0 Å². The van der Waals surface area contributed by atoms with E-state index in [1.165, 1.54) is 0 Å². The van der Waals surface area contributed by atoms with Crippen molar-refractivity contribution in [2.45, 2.75) is 19.9 Å². The van der Waals surface area contributed by atoms with Crippen molar-refractivity contribution >= 4 is 17.0 Å². The summed E-state index contributed by atoms with van der Waals surface area (Å²) in [6, 6.07) is 5.11. The van der Waals surface area contributed by atoms with Crippen molar-refractivity contribution in [3.63, 3.8) is 0 Å². The third-order valence-electron chi connectivity index (χ3n) is 4.41. The van der Waals surface area contributed by atoms with Gasteiger partial charge in [0.05, 0.1) is 24.9 Å². The van der Waals surface area contributed by atoms with Crippen LogP contribution in [-0.2, 0) is 4.74 Å². The Morgan fingerprint density at radius 3 is 3.04 bits per heavy atom. The van der Waals surface area contributed by atoms with Gasteiger partial charge in [0.1, 0.15) is 5.52 Å². The number of hydrogen-bond acceptors (Lipinski definition) is 5. The van der Waals surface area contributed by atoms with Gasteiger partial charge in [-0.1, -0.05) is 0 Å². The Labute approximate surface area is 138 Å². The van der Waals surface area contributed by atoms with E-state index in [0.717, 1.165) is 17.0 Å². The Morgan fingerprint density at radius 2 is 2.29 bits per heavy atom. The third-order valence-corrected chi connectivity index (χ3v) is 4.41. The van der Waals surface area contributed by atoms with Crippen LogP contribution in [0.1, 0.15) is 33.5 Å². The maximum absolute atomic E-state index is 13.0. The highest BCUT2D eigenvalue weighted by Gasteiger charge is 2.33. The lowest BCUT2D eigenvalue weighted by Crippen LogP contribution is -2.43. The highest BCUT2D eigenvalue weighted by molar-refractivity contribution is 5.95. The predicted molar refractivity (Wildman–Crippen MR) is 86.7 cm³/mol. The average Bonchev–Trinajstić information content (AvgIpc) is 3.17. The van der Waals surface area contributed by atoms with Crippen LogP contribution >= 0.6 is 0 Å². The molecule has 1 amide bonds. The van der Waals surface area contributed by atoms with Crippen LogP contribution in [0.15, 0.2) is 28.8 Å². The van der Waals surface area contributed by atoms with E-state index in [0.29, 0.717) is 36.6 Å². The molecule has 0 aliphatic carbocycles. The molecule has 124 valence electrons. The number of amides is 1. The fourth-order valence-electron chi connectivity index (χ4n) is 3.25. The third kappa shape index (κ3) is 2.37. The standard InChI is InChI=1S/C17H18N4O3/c1-10-16(11(2)20-19-10)13-9-23-7-6-21(13)17(22)15-8-12-14(24-15)4-3-5-18-12/h3-5,8,13H,6-7,9H2,1-2H3,(H,19,20). The highest BCUT2D eigenvalue weighted by Crippen LogP contribution is 2.30. The summed E-state index contributed by atoms with van der Waals surface area (Å²) in [5.41, 5.74) is 4.14. The molecule has 1 aliphatic rings. The first-order valence-corrected chi connectivity index (χ1v) is 7.90. The summed E-state index contributed by atoms with van der Waals surface area (Å²) in [7, 11) is 0. The monoisotopic (exact) mass is 326 g/mol. The number of carbonyl (C=O) groups excluding carboxylic acids is 1. The second-order valence-electron chi connectivity index (χ2n) is 5.93. The van der Waals surface area contributed by atoms with Gasteiger partial charge < -0.3 is 14.1 Å². The zero-order valence-electron chi connectivity index (χ0n) is 13.6. The van der Waals surface area contributed by atoms with Gasteiger partial charge in [-0.3, -0.25) is 14.9 Å². The van der Waals surface area contributed by atoms with Gasteiger partial charge >= 0.3 is 0 Å². The van der Waals surface area contributed by atoms with Gasteiger partial charge in [0, 0.05) is 30.1 Å². The Kier molecular flexibility index (Phi) is 3.57. The summed E-state index contributed by atoms with van der Waals surface area (Å²) < 4.78 is 11.3. The Bertz CT molecular complexity index is 846. The normalized spacial score (nSPS) is 18.2. The van der Waals surface area contributed by atoms with E-state index in [-0.39, 0.29) is 11.9 Å². The van der Waals surface area contributed by atoms with E-state index in [9.17, 15) is 4.79 Å². The van der Waals surface area contributed by atoms with Gasteiger partial charge in [-0.2, -0.15) is 5.10 Å². The van der Waals surface area contributed by atoms with Crippen molar-refractivity contribution < 1.29 is 13.9 Å². The van der Waals surface area contributed by atoms with Gasteiger partial charge in [0.2, 0.25) is 0 Å². The number of carbonyl (C=O) groups is 1.